The largest absolute Gasteiger partial charge is 0.286 e. The molecule has 0 radical (unpaired) electrons. The van der Waals surface area contributed by atoms with Gasteiger partial charge in [0.25, 0.3) is 5.92 Å². The fourth-order valence-corrected chi connectivity index (χ4v) is 1.05. The number of allylic oxidation sites excluding steroid dienone is 2. The fourth-order valence-electron chi connectivity index (χ4n) is 1.05. The van der Waals surface area contributed by atoms with Gasteiger partial charge in [0.15, 0.2) is 0 Å². The Morgan fingerprint density at radius 3 is 2.43 bits per heavy atom. The highest BCUT2D eigenvalue weighted by Gasteiger charge is 2.25. The summed E-state index contributed by atoms with van der Waals surface area (Å²) in [4.78, 5) is 4.03. The first kappa shape index (κ1) is 13.0. The van der Waals surface area contributed by atoms with E-state index in [1.165, 1.54) is 6.08 Å². The van der Waals surface area contributed by atoms with Gasteiger partial charge in [0.2, 0.25) is 0 Å². The summed E-state index contributed by atoms with van der Waals surface area (Å²) in [6, 6.07) is 0. The molecule has 0 spiro atoms. The average Bonchev–Trinajstić information content (AvgIpc) is 2.08. The molecule has 0 saturated carbocycles. The number of alkyl halides is 2. The highest BCUT2D eigenvalue weighted by atomic mass is 19.3. The average molecular weight is 201 g/mol. The molecule has 0 amide bonds. The van der Waals surface area contributed by atoms with Crippen molar-refractivity contribution in [3.05, 3.63) is 24.3 Å². The van der Waals surface area contributed by atoms with Gasteiger partial charge in [0.1, 0.15) is 0 Å². The predicted molar refractivity (Wildman–Crippen MR) is 57.2 cm³/mol. The number of nitrogens with zero attached hydrogens (tertiary/aromatic N) is 1. The maximum Gasteiger partial charge on any atom is 0.266 e. The molecule has 3 heteroatoms. The summed E-state index contributed by atoms with van der Waals surface area (Å²) in [5.74, 6) is -2.75. The van der Waals surface area contributed by atoms with Gasteiger partial charge in [0.05, 0.1) is 6.54 Å². The van der Waals surface area contributed by atoms with Crippen molar-refractivity contribution in [2.75, 3.05) is 6.54 Å². The lowest BCUT2D eigenvalue weighted by Crippen LogP contribution is -2.14. The topological polar surface area (TPSA) is 12.4 Å². The SMILES string of the molecule is C=CCN=C(C)/C=C(\CC)C(C)(F)F. The van der Waals surface area contributed by atoms with Gasteiger partial charge in [-0.05, 0) is 25.0 Å². The van der Waals surface area contributed by atoms with Crippen molar-refractivity contribution in [3.8, 4) is 0 Å². The van der Waals surface area contributed by atoms with Gasteiger partial charge in [-0.2, -0.15) is 0 Å². The van der Waals surface area contributed by atoms with E-state index in [0.717, 1.165) is 6.92 Å². The van der Waals surface area contributed by atoms with E-state index in [2.05, 4.69) is 11.6 Å². The molecule has 80 valence electrons. The lowest BCUT2D eigenvalue weighted by Gasteiger charge is -2.13. The van der Waals surface area contributed by atoms with Crippen LogP contribution in [-0.2, 0) is 0 Å². The molecular formula is C11H17F2N. The minimum absolute atomic E-state index is 0.114. The van der Waals surface area contributed by atoms with E-state index in [-0.39, 0.29) is 5.57 Å². The standard InChI is InChI=1S/C11H17F2N/c1-5-7-14-9(3)8-10(6-2)11(4,12)13/h5,8H,1,6-7H2,2-4H3/b10-8+,14-9?. The van der Waals surface area contributed by atoms with Crippen LogP contribution in [0.15, 0.2) is 29.3 Å². The van der Waals surface area contributed by atoms with Crippen molar-refractivity contribution in [3.63, 3.8) is 0 Å². The molecule has 0 aliphatic heterocycles. The zero-order valence-corrected chi connectivity index (χ0v) is 8.98. The summed E-state index contributed by atoms with van der Waals surface area (Å²) >= 11 is 0. The summed E-state index contributed by atoms with van der Waals surface area (Å²) < 4.78 is 25.9. The van der Waals surface area contributed by atoms with Crippen LogP contribution in [0.2, 0.25) is 0 Å². The molecule has 0 aromatic rings. The molecular weight excluding hydrogens is 184 g/mol. The molecule has 0 aliphatic rings. The van der Waals surface area contributed by atoms with Crippen LogP contribution in [0.1, 0.15) is 27.2 Å². The molecule has 0 aromatic carbocycles. The molecule has 0 unspecified atom stereocenters. The van der Waals surface area contributed by atoms with E-state index < -0.39 is 5.92 Å². The highest BCUT2D eigenvalue weighted by molar-refractivity contribution is 5.93. The van der Waals surface area contributed by atoms with Crippen LogP contribution >= 0.6 is 0 Å². The Kier molecular flexibility index (Phi) is 5.28. The van der Waals surface area contributed by atoms with Crippen molar-refractivity contribution >= 4 is 5.71 Å². The molecule has 14 heavy (non-hydrogen) atoms. The van der Waals surface area contributed by atoms with E-state index in [1.54, 1.807) is 19.9 Å². The van der Waals surface area contributed by atoms with Crippen molar-refractivity contribution in [1.82, 2.24) is 0 Å². The van der Waals surface area contributed by atoms with Crippen LogP contribution in [0.5, 0.6) is 0 Å². The van der Waals surface area contributed by atoms with Gasteiger partial charge in [-0.3, -0.25) is 4.99 Å². The Morgan fingerprint density at radius 2 is 2.07 bits per heavy atom. The summed E-state index contributed by atoms with van der Waals surface area (Å²) in [5.41, 5.74) is 0.728. The van der Waals surface area contributed by atoms with Gasteiger partial charge < -0.3 is 0 Å². The van der Waals surface area contributed by atoms with Crippen LogP contribution < -0.4 is 0 Å². The lowest BCUT2D eigenvalue weighted by molar-refractivity contribution is 0.0605. The molecule has 0 N–H and O–H groups in total. The van der Waals surface area contributed by atoms with Crippen LogP contribution in [0.25, 0.3) is 0 Å². The number of halogens is 2. The van der Waals surface area contributed by atoms with E-state index >= 15 is 0 Å². The third kappa shape index (κ3) is 4.90. The first-order chi connectivity index (χ1) is 6.41. The summed E-state index contributed by atoms with van der Waals surface area (Å²) in [6.07, 6.45) is 3.42. The van der Waals surface area contributed by atoms with Crippen LogP contribution in [-0.4, -0.2) is 18.2 Å². The van der Waals surface area contributed by atoms with Gasteiger partial charge in [-0.25, -0.2) is 8.78 Å². The fraction of sp³-hybridized carbons (Fsp3) is 0.545. The molecule has 0 bridgehead atoms. The van der Waals surface area contributed by atoms with Crippen molar-refractivity contribution in [1.29, 1.82) is 0 Å². The summed E-state index contributed by atoms with van der Waals surface area (Å²) in [7, 11) is 0. The molecule has 1 nitrogen and oxygen atoms in total. The second kappa shape index (κ2) is 5.68. The minimum Gasteiger partial charge on any atom is -0.286 e. The summed E-state index contributed by atoms with van der Waals surface area (Å²) in [6.45, 7) is 8.30. The van der Waals surface area contributed by atoms with E-state index in [1.807, 2.05) is 0 Å². The third-order valence-corrected chi connectivity index (χ3v) is 1.80. The predicted octanol–water partition coefficient (Wildman–Crippen LogP) is 3.62. The first-order valence-electron chi connectivity index (χ1n) is 4.62. The molecule has 0 rings (SSSR count). The van der Waals surface area contributed by atoms with E-state index in [0.29, 0.717) is 18.7 Å². The van der Waals surface area contributed by atoms with Crippen LogP contribution in [0.3, 0.4) is 0 Å². The van der Waals surface area contributed by atoms with Gasteiger partial charge in [-0.15, -0.1) is 6.58 Å². The van der Waals surface area contributed by atoms with E-state index in [9.17, 15) is 8.78 Å². The van der Waals surface area contributed by atoms with Crippen LogP contribution in [0, 0.1) is 0 Å². The molecule has 0 aromatic heterocycles. The Labute approximate surface area is 84.2 Å². The van der Waals surface area contributed by atoms with Crippen molar-refractivity contribution in [2.45, 2.75) is 33.1 Å². The zero-order valence-electron chi connectivity index (χ0n) is 8.98. The monoisotopic (exact) mass is 201 g/mol. The maximum atomic E-state index is 12.9. The Balaban J connectivity index is 4.68. The Morgan fingerprint density at radius 1 is 1.50 bits per heavy atom. The molecule has 0 heterocycles. The minimum atomic E-state index is -2.75. The van der Waals surface area contributed by atoms with Crippen molar-refractivity contribution in [2.24, 2.45) is 4.99 Å². The number of rotatable bonds is 5. The molecule has 0 atom stereocenters. The smallest absolute Gasteiger partial charge is 0.266 e. The maximum absolute atomic E-state index is 12.9. The first-order valence-corrected chi connectivity index (χ1v) is 4.62. The Hall–Kier alpha value is -0.990. The molecule has 0 saturated heterocycles. The second-order valence-electron chi connectivity index (χ2n) is 3.18. The van der Waals surface area contributed by atoms with Gasteiger partial charge in [-0.1, -0.05) is 13.0 Å². The quantitative estimate of drug-likeness (QED) is 0.476. The number of hydrogen-bond donors (Lipinski definition) is 0. The van der Waals surface area contributed by atoms with Crippen LogP contribution in [0.4, 0.5) is 8.78 Å². The number of hydrogen-bond acceptors (Lipinski definition) is 1. The third-order valence-electron chi connectivity index (χ3n) is 1.80. The van der Waals surface area contributed by atoms with Gasteiger partial charge in [0, 0.05) is 12.6 Å². The second-order valence-corrected chi connectivity index (χ2v) is 3.18. The van der Waals surface area contributed by atoms with Gasteiger partial charge >= 0.3 is 0 Å². The highest BCUT2D eigenvalue weighted by Crippen LogP contribution is 2.25. The van der Waals surface area contributed by atoms with E-state index in [4.69, 9.17) is 0 Å². The lowest BCUT2D eigenvalue weighted by atomic mass is 10.1. The zero-order chi connectivity index (χ0) is 11.2. The molecule has 0 fully saturated rings. The Bertz CT molecular complexity index is 247. The molecule has 0 aliphatic carbocycles. The number of aliphatic imine (C=N–C) groups is 1. The normalized spacial score (nSPS) is 14.4. The summed E-state index contributed by atoms with van der Waals surface area (Å²) in [5, 5.41) is 0. The van der Waals surface area contributed by atoms with Crippen molar-refractivity contribution < 1.29 is 8.78 Å².